The minimum Gasteiger partial charge on any atom is -0.330 e. The number of allylic oxidation sites excluding steroid dienone is 1. The summed E-state index contributed by atoms with van der Waals surface area (Å²) in [6.45, 7) is 7.55. The Labute approximate surface area is 69.7 Å². The fourth-order valence-electron chi connectivity index (χ4n) is 1.79. The van der Waals surface area contributed by atoms with Crippen LogP contribution in [-0.4, -0.2) is 6.54 Å². The lowest BCUT2D eigenvalue weighted by Crippen LogP contribution is -2.18. The molecular weight excluding hydrogens is 134 g/mol. The van der Waals surface area contributed by atoms with E-state index in [2.05, 4.69) is 32.9 Å². The Kier molecular flexibility index (Phi) is 2.10. The molecule has 1 saturated carbocycles. The Morgan fingerprint density at radius 3 is 2.27 bits per heavy atom. The van der Waals surface area contributed by atoms with Gasteiger partial charge in [-0.05, 0) is 18.3 Å². The first-order chi connectivity index (χ1) is 5.08. The van der Waals surface area contributed by atoms with Crippen LogP contribution in [0.25, 0.3) is 0 Å². The molecule has 0 aromatic rings. The van der Waals surface area contributed by atoms with E-state index in [4.69, 9.17) is 5.73 Å². The van der Waals surface area contributed by atoms with E-state index in [9.17, 15) is 0 Å². The van der Waals surface area contributed by atoms with Crippen LogP contribution < -0.4 is 5.73 Å². The molecule has 1 fully saturated rings. The molecule has 0 spiro atoms. The maximum absolute atomic E-state index is 5.73. The van der Waals surface area contributed by atoms with Gasteiger partial charge in [0, 0.05) is 12.0 Å². The van der Waals surface area contributed by atoms with E-state index in [1.165, 1.54) is 6.42 Å². The highest BCUT2D eigenvalue weighted by Gasteiger charge is 2.57. The zero-order valence-electron chi connectivity index (χ0n) is 7.85. The molecule has 1 atom stereocenters. The highest BCUT2D eigenvalue weighted by Crippen LogP contribution is 2.63. The van der Waals surface area contributed by atoms with Gasteiger partial charge in [0.1, 0.15) is 0 Å². The van der Waals surface area contributed by atoms with Crippen molar-refractivity contribution in [1.82, 2.24) is 0 Å². The zero-order chi connectivity index (χ0) is 8.54. The fourth-order valence-corrected chi connectivity index (χ4v) is 1.79. The lowest BCUT2D eigenvalue weighted by molar-refractivity contribution is 0.474. The molecule has 0 aliphatic heterocycles. The van der Waals surface area contributed by atoms with Crippen LogP contribution in [0.1, 0.15) is 33.6 Å². The number of hydrogen-bond acceptors (Lipinski definition) is 1. The van der Waals surface area contributed by atoms with Gasteiger partial charge in [-0.1, -0.05) is 32.9 Å². The quantitative estimate of drug-likeness (QED) is 0.619. The van der Waals surface area contributed by atoms with Crippen molar-refractivity contribution < 1.29 is 0 Å². The first-order valence-electron chi connectivity index (χ1n) is 4.46. The van der Waals surface area contributed by atoms with Gasteiger partial charge in [0.15, 0.2) is 0 Å². The SMILES string of the molecule is CC/C=C/C1(CN)CC1(C)C. The molecule has 0 heterocycles. The Balaban J connectivity index is 2.60. The molecule has 2 N–H and O–H groups in total. The second-order valence-electron chi connectivity index (χ2n) is 4.23. The molecule has 0 amide bonds. The predicted octanol–water partition coefficient (Wildman–Crippen LogP) is 2.33. The smallest absolute Gasteiger partial charge is 0.00611 e. The van der Waals surface area contributed by atoms with E-state index in [-0.39, 0.29) is 0 Å². The molecule has 1 aliphatic rings. The molecule has 1 unspecified atom stereocenters. The largest absolute Gasteiger partial charge is 0.330 e. The molecule has 1 rings (SSSR count). The summed E-state index contributed by atoms with van der Waals surface area (Å²) in [5, 5.41) is 0. The summed E-state index contributed by atoms with van der Waals surface area (Å²) in [7, 11) is 0. The summed E-state index contributed by atoms with van der Waals surface area (Å²) < 4.78 is 0. The minimum atomic E-state index is 0.336. The second kappa shape index (κ2) is 2.63. The molecule has 0 radical (unpaired) electrons. The Hall–Kier alpha value is -0.300. The molecule has 0 bridgehead atoms. The molecule has 11 heavy (non-hydrogen) atoms. The van der Waals surface area contributed by atoms with Gasteiger partial charge in [-0.15, -0.1) is 0 Å². The molecule has 1 heteroatoms. The average molecular weight is 153 g/mol. The number of nitrogens with two attached hydrogens (primary N) is 1. The highest BCUT2D eigenvalue weighted by atomic mass is 14.7. The standard InChI is InChI=1S/C10H19N/c1-4-5-6-10(8-11)7-9(10,2)3/h5-6H,4,7-8,11H2,1-3H3/b6-5+. The van der Waals surface area contributed by atoms with Crippen LogP contribution in [0.5, 0.6) is 0 Å². The third kappa shape index (κ3) is 1.34. The van der Waals surface area contributed by atoms with E-state index >= 15 is 0 Å². The van der Waals surface area contributed by atoms with Gasteiger partial charge in [0.25, 0.3) is 0 Å². The zero-order valence-corrected chi connectivity index (χ0v) is 7.85. The summed E-state index contributed by atoms with van der Waals surface area (Å²) in [5.41, 5.74) is 6.52. The van der Waals surface area contributed by atoms with Crippen molar-refractivity contribution >= 4 is 0 Å². The monoisotopic (exact) mass is 153 g/mol. The normalized spacial score (nSPS) is 34.5. The summed E-state index contributed by atoms with van der Waals surface area (Å²) in [6, 6.07) is 0. The van der Waals surface area contributed by atoms with Crippen molar-refractivity contribution in [3.63, 3.8) is 0 Å². The average Bonchev–Trinajstić information content (AvgIpc) is 2.50. The third-order valence-corrected chi connectivity index (χ3v) is 3.02. The van der Waals surface area contributed by atoms with Gasteiger partial charge in [-0.25, -0.2) is 0 Å². The van der Waals surface area contributed by atoms with Crippen molar-refractivity contribution in [2.45, 2.75) is 33.6 Å². The summed E-state index contributed by atoms with van der Waals surface area (Å²) >= 11 is 0. The van der Waals surface area contributed by atoms with E-state index < -0.39 is 0 Å². The van der Waals surface area contributed by atoms with Crippen molar-refractivity contribution in [1.29, 1.82) is 0 Å². The van der Waals surface area contributed by atoms with Gasteiger partial charge in [-0.2, -0.15) is 0 Å². The summed E-state index contributed by atoms with van der Waals surface area (Å²) in [5.74, 6) is 0. The van der Waals surface area contributed by atoms with Gasteiger partial charge < -0.3 is 5.73 Å². The molecule has 0 aromatic carbocycles. The van der Waals surface area contributed by atoms with Crippen molar-refractivity contribution in [2.75, 3.05) is 6.54 Å². The Morgan fingerprint density at radius 2 is 2.00 bits per heavy atom. The highest BCUT2D eigenvalue weighted by molar-refractivity contribution is 5.20. The first-order valence-corrected chi connectivity index (χ1v) is 4.46. The molecule has 1 aliphatic carbocycles. The summed E-state index contributed by atoms with van der Waals surface area (Å²) in [4.78, 5) is 0. The Morgan fingerprint density at radius 1 is 1.45 bits per heavy atom. The second-order valence-corrected chi connectivity index (χ2v) is 4.23. The van der Waals surface area contributed by atoms with Crippen LogP contribution in [0.4, 0.5) is 0 Å². The molecule has 0 saturated heterocycles. The van der Waals surface area contributed by atoms with Crippen LogP contribution >= 0.6 is 0 Å². The van der Waals surface area contributed by atoms with Crippen molar-refractivity contribution in [3.8, 4) is 0 Å². The molecular formula is C10H19N. The Bertz CT molecular complexity index is 170. The van der Waals surface area contributed by atoms with Crippen molar-refractivity contribution in [2.24, 2.45) is 16.6 Å². The minimum absolute atomic E-state index is 0.336. The maximum atomic E-state index is 5.73. The fraction of sp³-hybridized carbons (Fsp3) is 0.800. The van der Waals surface area contributed by atoms with Gasteiger partial charge in [-0.3, -0.25) is 0 Å². The first kappa shape index (κ1) is 8.79. The molecule has 0 aromatic heterocycles. The van der Waals surface area contributed by atoms with E-state index in [0.29, 0.717) is 10.8 Å². The lowest BCUT2D eigenvalue weighted by atomic mass is 9.95. The van der Waals surface area contributed by atoms with Crippen LogP contribution in [0, 0.1) is 10.8 Å². The predicted molar refractivity (Wildman–Crippen MR) is 49.3 cm³/mol. The maximum Gasteiger partial charge on any atom is 0.00611 e. The van der Waals surface area contributed by atoms with E-state index in [1.54, 1.807) is 0 Å². The van der Waals surface area contributed by atoms with Crippen molar-refractivity contribution in [3.05, 3.63) is 12.2 Å². The lowest BCUT2D eigenvalue weighted by Gasteiger charge is -2.12. The number of hydrogen-bond donors (Lipinski definition) is 1. The van der Waals surface area contributed by atoms with E-state index in [1.807, 2.05) is 0 Å². The van der Waals surface area contributed by atoms with Gasteiger partial charge in [0.2, 0.25) is 0 Å². The summed E-state index contributed by atoms with van der Waals surface area (Å²) in [6.07, 6.45) is 6.93. The molecule has 64 valence electrons. The van der Waals surface area contributed by atoms with Crippen LogP contribution in [0.2, 0.25) is 0 Å². The topological polar surface area (TPSA) is 26.0 Å². The van der Waals surface area contributed by atoms with Crippen LogP contribution in [-0.2, 0) is 0 Å². The van der Waals surface area contributed by atoms with Gasteiger partial charge in [0.05, 0.1) is 0 Å². The van der Waals surface area contributed by atoms with Crippen LogP contribution in [0.3, 0.4) is 0 Å². The molecule has 1 nitrogen and oxygen atoms in total. The number of rotatable bonds is 3. The van der Waals surface area contributed by atoms with Crippen LogP contribution in [0.15, 0.2) is 12.2 Å². The van der Waals surface area contributed by atoms with Gasteiger partial charge >= 0.3 is 0 Å². The third-order valence-electron chi connectivity index (χ3n) is 3.02. The van der Waals surface area contributed by atoms with E-state index in [0.717, 1.165) is 13.0 Å².